The molecule has 16 heavy (non-hydrogen) atoms. The minimum absolute atomic E-state index is 0.413. The number of hydrogen-bond donors (Lipinski definition) is 1. The SMILES string of the molecule is CCn1cc(C(NC)C2(C)CCCC2)cn1. The second-order valence-corrected chi connectivity index (χ2v) is 5.21. The molecular formula is C13H23N3. The average Bonchev–Trinajstić information content (AvgIpc) is 2.89. The summed E-state index contributed by atoms with van der Waals surface area (Å²) in [6, 6.07) is 0.454. The Kier molecular flexibility index (Phi) is 3.33. The first-order valence-corrected chi connectivity index (χ1v) is 6.39. The molecule has 1 fully saturated rings. The maximum Gasteiger partial charge on any atom is 0.0537 e. The molecular weight excluding hydrogens is 198 g/mol. The van der Waals surface area contributed by atoms with E-state index >= 15 is 0 Å². The van der Waals surface area contributed by atoms with Crippen molar-refractivity contribution in [2.75, 3.05) is 7.05 Å². The molecule has 1 N–H and O–H groups in total. The zero-order chi connectivity index (χ0) is 11.6. The maximum atomic E-state index is 4.38. The molecule has 1 aromatic heterocycles. The van der Waals surface area contributed by atoms with Crippen LogP contribution in [0.4, 0.5) is 0 Å². The summed E-state index contributed by atoms with van der Waals surface area (Å²) in [6.45, 7) is 5.49. The topological polar surface area (TPSA) is 29.9 Å². The van der Waals surface area contributed by atoms with E-state index in [0.717, 1.165) is 6.54 Å². The first kappa shape index (κ1) is 11.6. The highest BCUT2D eigenvalue weighted by molar-refractivity contribution is 5.15. The van der Waals surface area contributed by atoms with Gasteiger partial charge in [-0.25, -0.2) is 0 Å². The van der Waals surface area contributed by atoms with Gasteiger partial charge in [-0.1, -0.05) is 19.8 Å². The van der Waals surface area contributed by atoms with Crippen LogP contribution in [0.3, 0.4) is 0 Å². The van der Waals surface area contributed by atoms with E-state index in [9.17, 15) is 0 Å². The second kappa shape index (κ2) is 4.58. The molecule has 1 saturated carbocycles. The van der Waals surface area contributed by atoms with Crippen LogP contribution in [0.1, 0.15) is 51.1 Å². The van der Waals surface area contributed by atoms with Crippen LogP contribution >= 0.6 is 0 Å². The summed E-state index contributed by atoms with van der Waals surface area (Å²) in [6.07, 6.45) is 9.61. The molecule has 0 aliphatic heterocycles. The molecule has 1 aliphatic rings. The fourth-order valence-electron chi connectivity index (χ4n) is 3.09. The highest BCUT2D eigenvalue weighted by atomic mass is 15.3. The van der Waals surface area contributed by atoms with Crippen LogP contribution in [-0.2, 0) is 6.54 Å². The Morgan fingerprint density at radius 2 is 2.19 bits per heavy atom. The van der Waals surface area contributed by atoms with Gasteiger partial charge in [-0.2, -0.15) is 5.10 Å². The second-order valence-electron chi connectivity index (χ2n) is 5.21. The van der Waals surface area contributed by atoms with Gasteiger partial charge in [-0.15, -0.1) is 0 Å². The molecule has 2 rings (SSSR count). The number of aryl methyl sites for hydroxylation is 1. The van der Waals surface area contributed by atoms with Crippen molar-refractivity contribution in [3.05, 3.63) is 18.0 Å². The Labute approximate surface area is 98.2 Å². The molecule has 0 aromatic carbocycles. The van der Waals surface area contributed by atoms with Crippen molar-refractivity contribution in [3.8, 4) is 0 Å². The van der Waals surface area contributed by atoms with E-state index in [1.807, 2.05) is 10.9 Å². The lowest BCUT2D eigenvalue weighted by Crippen LogP contribution is -2.31. The number of nitrogens with zero attached hydrogens (tertiary/aromatic N) is 2. The Bertz CT molecular complexity index is 337. The Hall–Kier alpha value is -0.830. The molecule has 0 radical (unpaired) electrons. The van der Waals surface area contributed by atoms with Crippen LogP contribution in [-0.4, -0.2) is 16.8 Å². The van der Waals surface area contributed by atoms with Crippen LogP contribution in [0.5, 0.6) is 0 Å². The smallest absolute Gasteiger partial charge is 0.0537 e. The molecule has 0 saturated heterocycles. The molecule has 3 heteroatoms. The van der Waals surface area contributed by atoms with Crippen LogP contribution in [0.15, 0.2) is 12.4 Å². The van der Waals surface area contributed by atoms with E-state index in [2.05, 4.69) is 37.5 Å². The first-order chi connectivity index (χ1) is 7.69. The van der Waals surface area contributed by atoms with Crippen LogP contribution < -0.4 is 5.32 Å². The van der Waals surface area contributed by atoms with Crippen molar-refractivity contribution in [2.24, 2.45) is 5.41 Å². The lowest BCUT2D eigenvalue weighted by molar-refractivity contribution is 0.233. The van der Waals surface area contributed by atoms with Gasteiger partial charge in [0.25, 0.3) is 0 Å². The quantitative estimate of drug-likeness (QED) is 0.847. The summed E-state index contributed by atoms with van der Waals surface area (Å²) in [5.41, 5.74) is 1.75. The average molecular weight is 221 g/mol. The zero-order valence-electron chi connectivity index (χ0n) is 10.7. The van der Waals surface area contributed by atoms with Gasteiger partial charge >= 0.3 is 0 Å². The van der Waals surface area contributed by atoms with Gasteiger partial charge in [-0.3, -0.25) is 4.68 Å². The Balaban J connectivity index is 2.21. The van der Waals surface area contributed by atoms with E-state index in [4.69, 9.17) is 0 Å². The van der Waals surface area contributed by atoms with E-state index in [-0.39, 0.29) is 0 Å². The Morgan fingerprint density at radius 3 is 2.69 bits per heavy atom. The molecule has 3 nitrogen and oxygen atoms in total. The Morgan fingerprint density at radius 1 is 1.50 bits per heavy atom. The van der Waals surface area contributed by atoms with Crippen molar-refractivity contribution in [3.63, 3.8) is 0 Å². The third kappa shape index (κ3) is 2.01. The van der Waals surface area contributed by atoms with Crippen molar-refractivity contribution in [1.29, 1.82) is 0 Å². The van der Waals surface area contributed by atoms with E-state index in [0.29, 0.717) is 11.5 Å². The largest absolute Gasteiger partial charge is 0.312 e. The monoisotopic (exact) mass is 221 g/mol. The number of hydrogen-bond acceptors (Lipinski definition) is 2. The summed E-state index contributed by atoms with van der Waals surface area (Å²) < 4.78 is 2.01. The zero-order valence-corrected chi connectivity index (χ0v) is 10.7. The molecule has 0 amide bonds. The standard InChI is InChI=1S/C13H23N3/c1-4-16-10-11(9-15-16)12(14-3)13(2)7-5-6-8-13/h9-10,12,14H,4-8H2,1-3H3. The van der Waals surface area contributed by atoms with Crippen molar-refractivity contribution >= 4 is 0 Å². The predicted octanol–water partition coefficient (Wildman–Crippen LogP) is 2.74. The summed E-state index contributed by atoms with van der Waals surface area (Å²) in [4.78, 5) is 0. The number of nitrogens with one attached hydrogen (secondary N) is 1. The van der Waals surface area contributed by atoms with Gasteiger partial charge in [0.15, 0.2) is 0 Å². The molecule has 1 atom stereocenters. The third-order valence-corrected chi connectivity index (χ3v) is 4.04. The summed E-state index contributed by atoms with van der Waals surface area (Å²) in [5, 5.41) is 7.87. The van der Waals surface area contributed by atoms with Crippen molar-refractivity contribution in [2.45, 2.75) is 52.1 Å². The van der Waals surface area contributed by atoms with Crippen LogP contribution in [0, 0.1) is 5.41 Å². The molecule has 90 valence electrons. The van der Waals surface area contributed by atoms with Gasteiger partial charge in [0, 0.05) is 24.3 Å². The van der Waals surface area contributed by atoms with Gasteiger partial charge in [-0.05, 0) is 32.2 Å². The van der Waals surface area contributed by atoms with Gasteiger partial charge in [0.1, 0.15) is 0 Å². The van der Waals surface area contributed by atoms with E-state index in [1.165, 1.54) is 31.2 Å². The summed E-state index contributed by atoms with van der Waals surface area (Å²) >= 11 is 0. The van der Waals surface area contributed by atoms with Crippen molar-refractivity contribution < 1.29 is 0 Å². The van der Waals surface area contributed by atoms with Crippen LogP contribution in [0.25, 0.3) is 0 Å². The summed E-state index contributed by atoms with van der Waals surface area (Å²) in [5.74, 6) is 0. The fraction of sp³-hybridized carbons (Fsp3) is 0.769. The lowest BCUT2D eigenvalue weighted by atomic mass is 9.78. The molecule has 1 heterocycles. The third-order valence-electron chi connectivity index (χ3n) is 4.04. The molecule has 1 unspecified atom stereocenters. The van der Waals surface area contributed by atoms with E-state index in [1.54, 1.807) is 0 Å². The first-order valence-electron chi connectivity index (χ1n) is 6.39. The number of rotatable bonds is 4. The highest BCUT2D eigenvalue weighted by Crippen LogP contribution is 2.46. The maximum absolute atomic E-state index is 4.38. The minimum atomic E-state index is 0.413. The van der Waals surface area contributed by atoms with Gasteiger partial charge in [0.05, 0.1) is 6.20 Å². The highest BCUT2D eigenvalue weighted by Gasteiger charge is 2.37. The van der Waals surface area contributed by atoms with Crippen LogP contribution in [0.2, 0.25) is 0 Å². The molecule has 0 bridgehead atoms. The number of aromatic nitrogens is 2. The fourth-order valence-corrected chi connectivity index (χ4v) is 3.09. The molecule has 1 aliphatic carbocycles. The van der Waals surface area contributed by atoms with Gasteiger partial charge < -0.3 is 5.32 Å². The minimum Gasteiger partial charge on any atom is -0.312 e. The summed E-state index contributed by atoms with van der Waals surface area (Å²) in [7, 11) is 2.07. The normalized spacial score (nSPS) is 21.2. The predicted molar refractivity (Wildman–Crippen MR) is 66.3 cm³/mol. The van der Waals surface area contributed by atoms with Crippen molar-refractivity contribution in [1.82, 2.24) is 15.1 Å². The van der Waals surface area contributed by atoms with E-state index < -0.39 is 0 Å². The molecule has 1 aromatic rings. The lowest BCUT2D eigenvalue weighted by Gasteiger charge is -2.33. The molecule has 0 spiro atoms. The van der Waals surface area contributed by atoms with Gasteiger partial charge in [0.2, 0.25) is 0 Å².